The van der Waals surface area contributed by atoms with Gasteiger partial charge in [-0.05, 0) is 25.5 Å². The molecule has 1 heterocycles. The fraction of sp³-hybridized carbons (Fsp3) is 0.500. The van der Waals surface area contributed by atoms with Gasteiger partial charge in [-0.3, -0.25) is 0 Å². The van der Waals surface area contributed by atoms with Gasteiger partial charge in [-0.2, -0.15) is 0 Å². The van der Waals surface area contributed by atoms with Crippen LogP contribution in [0.15, 0.2) is 35.2 Å². The summed E-state index contributed by atoms with van der Waals surface area (Å²) in [5.74, 6) is 0.0950. The lowest BCUT2D eigenvalue weighted by molar-refractivity contribution is -0.0422. The van der Waals surface area contributed by atoms with Gasteiger partial charge in [0.2, 0.25) is 0 Å². The monoisotopic (exact) mass is 256 g/mol. The second-order valence-corrected chi connectivity index (χ2v) is 6.19. The molecular formula is C12H16O4S. The number of hydrogen-bond donors (Lipinski definition) is 0. The van der Waals surface area contributed by atoms with Crippen molar-refractivity contribution in [1.82, 2.24) is 0 Å². The summed E-state index contributed by atoms with van der Waals surface area (Å²) in [6.07, 6.45) is 0.143. The first-order valence-electron chi connectivity index (χ1n) is 5.63. The molecule has 1 aromatic carbocycles. The van der Waals surface area contributed by atoms with Crippen LogP contribution < -0.4 is 0 Å². The minimum absolute atomic E-state index is 0.0950. The topological polar surface area (TPSA) is 52.6 Å². The minimum atomic E-state index is -3.20. The van der Waals surface area contributed by atoms with Gasteiger partial charge in [0.1, 0.15) is 0 Å². The molecule has 0 radical (unpaired) electrons. The van der Waals surface area contributed by atoms with Crippen molar-refractivity contribution in [3.8, 4) is 0 Å². The summed E-state index contributed by atoms with van der Waals surface area (Å²) in [5.41, 5.74) is 0. The van der Waals surface area contributed by atoms with E-state index in [0.717, 1.165) is 0 Å². The molecule has 0 spiro atoms. The van der Waals surface area contributed by atoms with Crippen LogP contribution in [0.3, 0.4) is 0 Å². The smallest absolute Gasteiger partial charge is 0.178 e. The lowest BCUT2D eigenvalue weighted by atomic mass is 10.3. The molecule has 94 valence electrons. The Morgan fingerprint density at radius 2 is 2.00 bits per heavy atom. The molecule has 1 aliphatic heterocycles. The third kappa shape index (κ3) is 3.28. The zero-order valence-corrected chi connectivity index (χ0v) is 10.5. The van der Waals surface area contributed by atoms with Gasteiger partial charge in [0.05, 0.1) is 23.4 Å². The minimum Gasteiger partial charge on any atom is -0.350 e. The quantitative estimate of drug-likeness (QED) is 0.821. The standard InChI is InChI=1S/C12H16O4S/c1-10-15-9-11(16-10)7-8-17(13,14)12-5-3-2-4-6-12/h2-6,10-11H,7-9H2,1H3/t10?,11-/m1/s1. The molecule has 5 heteroatoms. The molecule has 0 saturated carbocycles. The van der Waals surface area contributed by atoms with Crippen LogP contribution >= 0.6 is 0 Å². The second kappa shape index (κ2) is 5.16. The zero-order chi connectivity index (χ0) is 12.3. The van der Waals surface area contributed by atoms with E-state index in [0.29, 0.717) is 17.9 Å². The summed E-state index contributed by atoms with van der Waals surface area (Å²) in [4.78, 5) is 0.368. The first-order chi connectivity index (χ1) is 8.08. The molecule has 0 amide bonds. The van der Waals surface area contributed by atoms with Gasteiger partial charge < -0.3 is 9.47 Å². The van der Waals surface area contributed by atoms with Crippen LogP contribution in [0.1, 0.15) is 13.3 Å². The maximum absolute atomic E-state index is 12.0. The average Bonchev–Trinajstić information content (AvgIpc) is 2.74. The fourth-order valence-electron chi connectivity index (χ4n) is 1.78. The first-order valence-corrected chi connectivity index (χ1v) is 7.28. The molecule has 0 aliphatic carbocycles. The lowest BCUT2D eigenvalue weighted by Gasteiger charge is -2.09. The largest absolute Gasteiger partial charge is 0.350 e. The fourth-order valence-corrected chi connectivity index (χ4v) is 3.16. The van der Waals surface area contributed by atoms with Gasteiger partial charge in [-0.15, -0.1) is 0 Å². The van der Waals surface area contributed by atoms with Crippen LogP contribution in [0, 0.1) is 0 Å². The summed E-state index contributed by atoms with van der Waals surface area (Å²) in [7, 11) is -3.20. The summed E-state index contributed by atoms with van der Waals surface area (Å²) < 4.78 is 34.6. The number of rotatable bonds is 4. The van der Waals surface area contributed by atoms with E-state index < -0.39 is 9.84 Å². The van der Waals surface area contributed by atoms with Crippen LogP contribution in [0.4, 0.5) is 0 Å². The van der Waals surface area contributed by atoms with E-state index in [9.17, 15) is 8.42 Å². The van der Waals surface area contributed by atoms with Crippen molar-refractivity contribution < 1.29 is 17.9 Å². The first kappa shape index (κ1) is 12.5. The maximum atomic E-state index is 12.0. The van der Waals surface area contributed by atoms with Crippen molar-refractivity contribution in [3.05, 3.63) is 30.3 Å². The van der Waals surface area contributed by atoms with Gasteiger partial charge in [0.15, 0.2) is 16.1 Å². The highest BCUT2D eigenvalue weighted by Crippen LogP contribution is 2.17. The molecule has 0 N–H and O–H groups in total. The number of benzene rings is 1. The van der Waals surface area contributed by atoms with E-state index in [1.165, 1.54) is 0 Å². The van der Waals surface area contributed by atoms with Crippen molar-refractivity contribution >= 4 is 9.84 Å². The Morgan fingerprint density at radius 1 is 1.29 bits per heavy atom. The molecule has 1 unspecified atom stereocenters. The van der Waals surface area contributed by atoms with Crippen molar-refractivity contribution in [2.75, 3.05) is 12.4 Å². The Hall–Kier alpha value is -0.910. The summed E-state index contributed by atoms with van der Waals surface area (Å²) in [6.45, 7) is 2.29. The molecule has 2 atom stereocenters. The highest BCUT2D eigenvalue weighted by atomic mass is 32.2. The molecule has 4 nitrogen and oxygen atoms in total. The molecule has 17 heavy (non-hydrogen) atoms. The van der Waals surface area contributed by atoms with Crippen molar-refractivity contribution in [2.45, 2.75) is 30.6 Å². The Labute approximate surface area is 101 Å². The summed E-state index contributed by atoms with van der Waals surface area (Å²) in [5, 5.41) is 0. The van der Waals surface area contributed by atoms with Gasteiger partial charge in [-0.1, -0.05) is 18.2 Å². The molecule has 0 aromatic heterocycles. The van der Waals surface area contributed by atoms with Gasteiger partial charge in [-0.25, -0.2) is 8.42 Å². The maximum Gasteiger partial charge on any atom is 0.178 e. The summed E-state index contributed by atoms with van der Waals surface area (Å²) in [6, 6.07) is 8.48. The van der Waals surface area contributed by atoms with Gasteiger partial charge >= 0.3 is 0 Å². The van der Waals surface area contributed by atoms with Crippen LogP contribution in [0.2, 0.25) is 0 Å². The highest BCUT2D eigenvalue weighted by Gasteiger charge is 2.24. The predicted molar refractivity (Wildman–Crippen MR) is 63.4 cm³/mol. The third-order valence-corrected chi connectivity index (χ3v) is 4.48. The van der Waals surface area contributed by atoms with E-state index in [1.807, 2.05) is 6.92 Å². The van der Waals surface area contributed by atoms with E-state index in [2.05, 4.69) is 0 Å². The number of ether oxygens (including phenoxy) is 2. The number of hydrogen-bond acceptors (Lipinski definition) is 4. The zero-order valence-electron chi connectivity index (χ0n) is 9.70. The van der Waals surface area contributed by atoms with Crippen LogP contribution in [-0.2, 0) is 19.3 Å². The Morgan fingerprint density at radius 3 is 2.59 bits per heavy atom. The number of sulfone groups is 1. The van der Waals surface area contributed by atoms with Crippen molar-refractivity contribution in [1.29, 1.82) is 0 Å². The molecule has 1 aliphatic rings. The Balaban J connectivity index is 1.95. The van der Waals surface area contributed by atoms with E-state index in [-0.39, 0.29) is 18.1 Å². The van der Waals surface area contributed by atoms with Crippen LogP contribution in [0.5, 0.6) is 0 Å². The van der Waals surface area contributed by atoms with Crippen molar-refractivity contribution in [3.63, 3.8) is 0 Å². The Bertz CT molecular complexity index is 455. The molecular weight excluding hydrogens is 240 g/mol. The molecule has 2 rings (SSSR count). The van der Waals surface area contributed by atoms with E-state index in [4.69, 9.17) is 9.47 Å². The average molecular weight is 256 g/mol. The normalized spacial score (nSPS) is 25.0. The second-order valence-electron chi connectivity index (χ2n) is 4.08. The van der Waals surface area contributed by atoms with Crippen molar-refractivity contribution in [2.24, 2.45) is 0 Å². The Kier molecular flexibility index (Phi) is 3.81. The molecule has 0 bridgehead atoms. The summed E-state index contributed by atoms with van der Waals surface area (Å²) >= 11 is 0. The van der Waals surface area contributed by atoms with E-state index >= 15 is 0 Å². The van der Waals surface area contributed by atoms with Crippen LogP contribution in [0.25, 0.3) is 0 Å². The third-order valence-electron chi connectivity index (χ3n) is 2.71. The highest BCUT2D eigenvalue weighted by molar-refractivity contribution is 7.91. The van der Waals surface area contributed by atoms with Crippen LogP contribution in [-0.4, -0.2) is 33.2 Å². The predicted octanol–water partition coefficient (Wildman–Crippen LogP) is 1.61. The van der Waals surface area contributed by atoms with Gasteiger partial charge in [0.25, 0.3) is 0 Å². The molecule has 1 fully saturated rings. The lowest BCUT2D eigenvalue weighted by Crippen LogP contribution is -2.17. The molecule has 1 aromatic rings. The SMILES string of the molecule is CC1OC[C@@H](CCS(=O)(=O)c2ccccc2)O1. The molecule has 1 saturated heterocycles. The van der Waals surface area contributed by atoms with Gasteiger partial charge in [0, 0.05) is 0 Å². The van der Waals surface area contributed by atoms with E-state index in [1.54, 1.807) is 30.3 Å².